The van der Waals surface area contributed by atoms with Crippen LogP contribution in [0.25, 0.3) is 0 Å². The molecule has 96 valence electrons. The summed E-state index contributed by atoms with van der Waals surface area (Å²) in [6, 6.07) is 5.83. The summed E-state index contributed by atoms with van der Waals surface area (Å²) >= 11 is 11.3. The van der Waals surface area contributed by atoms with Gasteiger partial charge in [-0.15, -0.1) is 11.8 Å². The molecule has 0 radical (unpaired) electrons. The smallest absolute Gasteiger partial charge is 0.0855 e. The van der Waals surface area contributed by atoms with Gasteiger partial charge in [0.15, 0.2) is 0 Å². The number of nitrogens with zero attached hydrogens (tertiary/aromatic N) is 2. The number of anilines is 1. The number of benzene rings is 1. The second-order valence-electron chi connectivity index (χ2n) is 3.94. The van der Waals surface area contributed by atoms with Gasteiger partial charge in [-0.05, 0) is 25.1 Å². The van der Waals surface area contributed by atoms with Gasteiger partial charge in [-0.3, -0.25) is 4.68 Å². The van der Waals surface area contributed by atoms with Gasteiger partial charge >= 0.3 is 0 Å². The number of nitrogen functional groups attached to an aromatic ring is 1. The van der Waals surface area contributed by atoms with Crippen LogP contribution in [0.3, 0.4) is 0 Å². The molecule has 1 heterocycles. The lowest BCUT2D eigenvalue weighted by atomic mass is 10.3. The zero-order valence-electron chi connectivity index (χ0n) is 10.1. The molecule has 0 aliphatic heterocycles. The SMILES string of the molecule is Cc1nn(C)c(CSc2cc(Br)ccc2N)c1Cl. The maximum Gasteiger partial charge on any atom is 0.0855 e. The third-order valence-electron chi connectivity index (χ3n) is 2.60. The zero-order chi connectivity index (χ0) is 13.3. The molecule has 3 nitrogen and oxygen atoms in total. The van der Waals surface area contributed by atoms with Crippen molar-refractivity contribution < 1.29 is 0 Å². The predicted molar refractivity (Wildman–Crippen MR) is 81.1 cm³/mol. The molecule has 0 saturated carbocycles. The van der Waals surface area contributed by atoms with Crippen LogP contribution in [-0.4, -0.2) is 9.78 Å². The minimum absolute atomic E-state index is 0.735. The second-order valence-corrected chi connectivity index (χ2v) is 6.25. The van der Waals surface area contributed by atoms with Crippen LogP contribution in [0, 0.1) is 6.92 Å². The van der Waals surface area contributed by atoms with E-state index in [1.54, 1.807) is 11.8 Å². The molecule has 18 heavy (non-hydrogen) atoms. The van der Waals surface area contributed by atoms with Crippen molar-refractivity contribution in [2.45, 2.75) is 17.6 Å². The first-order valence-corrected chi connectivity index (χ1v) is 7.50. The average Bonchev–Trinajstić information content (AvgIpc) is 2.55. The minimum Gasteiger partial charge on any atom is -0.398 e. The van der Waals surface area contributed by atoms with E-state index in [0.29, 0.717) is 0 Å². The van der Waals surface area contributed by atoms with Crippen LogP contribution in [-0.2, 0) is 12.8 Å². The van der Waals surface area contributed by atoms with E-state index in [1.165, 1.54) is 0 Å². The van der Waals surface area contributed by atoms with Crippen molar-refractivity contribution in [2.24, 2.45) is 7.05 Å². The van der Waals surface area contributed by atoms with E-state index in [9.17, 15) is 0 Å². The van der Waals surface area contributed by atoms with Crippen molar-refractivity contribution in [1.82, 2.24) is 9.78 Å². The maximum atomic E-state index is 6.21. The molecule has 1 aromatic carbocycles. The summed E-state index contributed by atoms with van der Waals surface area (Å²) in [4.78, 5) is 1.04. The van der Waals surface area contributed by atoms with Gasteiger partial charge in [0.25, 0.3) is 0 Å². The van der Waals surface area contributed by atoms with E-state index >= 15 is 0 Å². The van der Waals surface area contributed by atoms with Crippen molar-refractivity contribution in [1.29, 1.82) is 0 Å². The third kappa shape index (κ3) is 2.84. The summed E-state index contributed by atoms with van der Waals surface area (Å²) < 4.78 is 2.84. The van der Waals surface area contributed by atoms with Crippen molar-refractivity contribution in [3.63, 3.8) is 0 Å². The maximum absolute atomic E-state index is 6.21. The highest BCUT2D eigenvalue weighted by Gasteiger charge is 2.12. The first kappa shape index (κ1) is 13.8. The van der Waals surface area contributed by atoms with Gasteiger partial charge in [0.05, 0.1) is 16.4 Å². The van der Waals surface area contributed by atoms with E-state index < -0.39 is 0 Å². The van der Waals surface area contributed by atoms with Gasteiger partial charge in [0, 0.05) is 27.9 Å². The van der Waals surface area contributed by atoms with Crippen LogP contribution in [0.5, 0.6) is 0 Å². The van der Waals surface area contributed by atoms with Crippen LogP contribution < -0.4 is 5.73 Å². The Bertz CT molecular complexity index is 583. The van der Waals surface area contributed by atoms with Gasteiger partial charge in [-0.25, -0.2) is 0 Å². The molecule has 0 saturated heterocycles. The van der Waals surface area contributed by atoms with E-state index in [2.05, 4.69) is 21.0 Å². The predicted octanol–water partition coefficient (Wildman–Crippen LogP) is 4.02. The van der Waals surface area contributed by atoms with Crippen molar-refractivity contribution >= 4 is 45.0 Å². The standard InChI is InChI=1S/C12H13BrClN3S/c1-7-12(14)10(17(2)16-7)6-18-11-5-8(13)3-4-9(11)15/h3-5H,6,15H2,1-2H3. The second kappa shape index (κ2) is 5.55. The number of thioether (sulfide) groups is 1. The van der Waals surface area contributed by atoms with Crippen molar-refractivity contribution in [3.05, 3.63) is 39.1 Å². The molecule has 0 unspecified atom stereocenters. The fraction of sp³-hybridized carbons (Fsp3) is 0.250. The molecule has 0 aliphatic rings. The fourth-order valence-corrected chi connectivity index (χ4v) is 3.50. The molecule has 0 atom stereocenters. The monoisotopic (exact) mass is 345 g/mol. The first-order valence-electron chi connectivity index (χ1n) is 5.35. The number of hydrogen-bond donors (Lipinski definition) is 1. The Hall–Kier alpha value is -0.650. The van der Waals surface area contributed by atoms with Crippen molar-refractivity contribution in [3.8, 4) is 0 Å². The Balaban J connectivity index is 2.19. The number of nitrogens with two attached hydrogens (primary N) is 1. The molecular formula is C12H13BrClN3S. The highest BCUT2D eigenvalue weighted by molar-refractivity contribution is 9.10. The summed E-state index contributed by atoms with van der Waals surface area (Å²) in [5, 5.41) is 5.03. The Labute approximate surface area is 124 Å². The van der Waals surface area contributed by atoms with Crippen molar-refractivity contribution in [2.75, 3.05) is 5.73 Å². The van der Waals surface area contributed by atoms with Gasteiger partial charge in [0.1, 0.15) is 0 Å². The Kier molecular flexibility index (Phi) is 4.25. The largest absolute Gasteiger partial charge is 0.398 e. The molecule has 2 rings (SSSR count). The Morgan fingerprint density at radius 3 is 2.83 bits per heavy atom. The number of rotatable bonds is 3. The van der Waals surface area contributed by atoms with Crippen LogP contribution in [0.4, 0.5) is 5.69 Å². The van der Waals surface area contributed by atoms with E-state index in [0.717, 1.165) is 37.2 Å². The number of aryl methyl sites for hydroxylation is 2. The molecule has 2 N–H and O–H groups in total. The lowest BCUT2D eigenvalue weighted by molar-refractivity contribution is 0.727. The molecule has 0 aliphatic carbocycles. The number of halogens is 2. The summed E-state index contributed by atoms with van der Waals surface area (Å²) in [5.41, 5.74) is 8.58. The highest BCUT2D eigenvalue weighted by atomic mass is 79.9. The lowest BCUT2D eigenvalue weighted by Gasteiger charge is -2.06. The van der Waals surface area contributed by atoms with Gasteiger partial charge in [-0.1, -0.05) is 27.5 Å². The van der Waals surface area contributed by atoms with Crippen LogP contribution in [0.15, 0.2) is 27.6 Å². The van der Waals surface area contributed by atoms with E-state index in [4.69, 9.17) is 17.3 Å². The van der Waals surface area contributed by atoms with E-state index in [-0.39, 0.29) is 0 Å². The quantitative estimate of drug-likeness (QED) is 0.674. The topological polar surface area (TPSA) is 43.8 Å². The number of hydrogen-bond acceptors (Lipinski definition) is 3. The zero-order valence-corrected chi connectivity index (χ0v) is 13.2. The lowest BCUT2D eigenvalue weighted by Crippen LogP contribution is -1.97. The minimum atomic E-state index is 0.735. The molecule has 1 aromatic heterocycles. The first-order chi connectivity index (χ1) is 8.49. The van der Waals surface area contributed by atoms with Crippen LogP contribution in [0.1, 0.15) is 11.4 Å². The summed E-state index contributed by atoms with van der Waals surface area (Å²) in [7, 11) is 1.90. The normalized spacial score (nSPS) is 10.9. The Morgan fingerprint density at radius 2 is 2.22 bits per heavy atom. The molecule has 0 fully saturated rings. The van der Waals surface area contributed by atoms with Gasteiger partial charge < -0.3 is 5.73 Å². The summed E-state index contributed by atoms with van der Waals surface area (Å²) in [6.07, 6.45) is 0. The van der Waals surface area contributed by atoms with E-state index in [1.807, 2.05) is 36.9 Å². The van der Waals surface area contributed by atoms with Gasteiger partial charge in [-0.2, -0.15) is 5.10 Å². The third-order valence-corrected chi connectivity index (χ3v) is 4.67. The molecule has 2 aromatic rings. The fourth-order valence-electron chi connectivity index (χ4n) is 1.62. The molecule has 6 heteroatoms. The molecule has 0 bridgehead atoms. The average molecular weight is 347 g/mol. The van der Waals surface area contributed by atoms with Crippen LogP contribution in [0.2, 0.25) is 5.02 Å². The summed E-state index contributed by atoms with van der Waals surface area (Å²) in [6.45, 7) is 1.91. The molecule has 0 spiro atoms. The molecular weight excluding hydrogens is 334 g/mol. The van der Waals surface area contributed by atoms with Crippen LogP contribution >= 0.6 is 39.3 Å². The van der Waals surface area contributed by atoms with Gasteiger partial charge in [0.2, 0.25) is 0 Å². The molecule has 0 amide bonds. The Morgan fingerprint density at radius 1 is 1.50 bits per heavy atom. The highest BCUT2D eigenvalue weighted by Crippen LogP contribution is 2.32. The number of aromatic nitrogens is 2. The summed E-state index contributed by atoms with van der Waals surface area (Å²) in [5.74, 6) is 0.747.